The van der Waals surface area contributed by atoms with Crippen LogP contribution in [0.25, 0.3) is 0 Å². The van der Waals surface area contributed by atoms with E-state index >= 15 is 0 Å². The summed E-state index contributed by atoms with van der Waals surface area (Å²) in [6.45, 7) is 11.8. The number of aryl methyl sites for hydroxylation is 2. The van der Waals surface area contributed by atoms with Crippen molar-refractivity contribution in [3.8, 4) is 0 Å². The molecular weight excluding hydrogens is 248 g/mol. The van der Waals surface area contributed by atoms with Crippen molar-refractivity contribution in [1.82, 2.24) is 14.7 Å². The van der Waals surface area contributed by atoms with Crippen LogP contribution in [0.2, 0.25) is 0 Å². The van der Waals surface area contributed by atoms with E-state index in [0.29, 0.717) is 12.6 Å². The van der Waals surface area contributed by atoms with Crippen molar-refractivity contribution in [2.24, 2.45) is 18.7 Å². The van der Waals surface area contributed by atoms with Gasteiger partial charge in [-0.2, -0.15) is 5.10 Å². The van der Waals surface area contributed by atoms with E-state index < -0.39 is 0 Å². The summed E-state index contributed by atoms with van der Waals surface area (Å²) in [4.78, 5) is 2.52. The third-order valence-electron chi connectivity index (χ3n) is 4.35. The van der Waals surface area contributed by atoms with E-state index in [9.17, 15) is 0 Å². The van der Waals surface area contributed by atoms with E-state index in [2.05, 4.69) is 43.9 Å². The van der Waals surface area contributed by atoms with Crippen LogP contribution in [0.15, 0.2) is 6.20 Å². The second-order valence-corrected chi connectivity index (χ2v) is 5.58. The number of rotatable bonds is 9. The van der Waals surface area contributed by atoms with Crippen molar-refractivity contribution in [2.45, 2.75) is 53.0 Å². The van der Waals surface area contributed by atoms with Gasteiger partial charge in [-0.3, -0.25) is 9.58 Å². The first kappa shape index (κ1) is 17.2. The Morgan fingerprint density at radius 3 is 2.35 bits per heavy atom. The minimum atomic E-state index is 0.296. The van der Waals surface area contributed by atoms with Gasteiger partial charge in [0.25, 0.3) is 0 Å². The quantitative estimate of drug-likeness (QED) is 0.756. The minimum Gasteiger partial charge on any atom is -0.329 e. The van der Waals surface area contributed by atoms with Crippen LogP contribution in [0.1, 0.15) is 57.8 Å². The lowest BCUT2D eigenvalue weighted by Crippen LogP contribution is -2.37. The summed E-state index contributed by atoms with van der Waals surface area (Å²) in [5.74, 6) is 0.755. The lowest BCUT2D eigenvalue weighted by Gasteiger charge is -2.32. The minimum absolute atomic E-state index is 0.296. The van der Waals surface area contributed by atoms with E-state index in [1.54, 1.807) is 0 Å². The summed E-state index contributed by atoms with van der Waals surface area (Å²) < 4.78 is 1.92. The van der Waals surface area contributed by atoms with Gasteiger partial charge in [-0.25, -0.2) is 0 Å². The molecule has 0 radical (unpaired) electrons. The number of nitrogens with two attached hydrogens (primary N) is 1. The molecule has 0 aliphatic carbocycles. The molecule has 1 atom stereocenters. The van der Waals surface area contributed by atoms with Gasteiger partial charge in [0.2, 0.25) is 0 Å². The maximum Gasteiger partial charge on any atom is 0.0670 e. The van der Waals surface area contributed by atoms with Gasteiger partial charge >= 0.3 is 0 Å². The highest BCUT2D eigenvalue weighted by Gasteiger charge is 2.23. The predicted octanol–water partition coefficient (Wildman–Crippen LogP) is 2.74. The van der Waals surface area contributed by atoms with Crippen LogP contribution < -0.4 is 5.73 Å². The SMILES string of the molecule is CCc1nn(C)cc1C(CN)N(CC)CC(CC)CC. The number of nitrogens with zero attached hydrogens (tertiary/aromatic N) is 3. The van der Waals surface area contributed by atoms with E-state index in [4.69, 9.17) is 5.73 Å². The maximum absolute atomic E-state index is 6.09. The molecule has 0 saturated heterocycles. The fourth-order valence-corrected chi connectivity index (χ4v) is 2.93. The monoisotopic (exact) mass is 280 g/mol. The molecule has 116 valence electrons. The Hall–Kier alpha value is -0.870. The molecule has 2 N–H and O–H groups in total. The summed E-state index contributed by atoms with van der Waals surface area (Å²) in [6.07, 6.45) is 5.58. The van der Waals surface area contributed by atoms with Crippen LogP contribution in [-0.4, -0.2) is 34.3 Å². The predicted molar refractivity (Wildman–Crippen MR) is 85.7 cm³/mol. The smallest absolute Gasteiger partial charge is 0.0670 e. The van der Waals surface area contributed by atoms with Crippen LogP contribution in [0, 0.1) is 5.92 Å². The van der Waals surface area contributed by atoms with Gasteiger partial charge in [0, 0.05) is 31.9 Å². The average molecular weight is 280 g/mol. The number of hydrogen-bond acceptors (Lipinski definition) is 3. The average Bonchev–Trinajstić information content (AvgIpc) is 2.84. The van der Waals surface area contributed by atoms with Gasteiger partial charge in [-0.1, -0.05) is 40.5 Å². The summed E-state index contributed by atoms with van der Waals surface area (Å²) in [5, 5.41) is 4.57. The van der Waals surface area contributed by atoms with Gasteiger partial charge in [0.05, 0.1) is 11.7 Å². The van der Waals surface area contributed by atoms with Crippen molar-refractivity contribution in [3.63, 3.8) is 0 Å². The highest BCUT2D eigenvalue weighted by molar-refractivity contribution is 5.22. The van der Waals surface area contributed by atoms with Crippen LogP contribution in [0.5, 0.6) is 0 Å². The first-order valence-corrected chi connectivity index (χ1v) is 8.07. The third kappa shape index (κ3) is 4.06. The molecule has 0 aromatic carbocycles. The van der Waals surface area contributed by atoms with Gasteiger partial charge in [0.15, 0.2) is 0 Å². The number of aromatic nitrogens is 2. The maximum atomic E-state index is 6.09. The third-order valence-corrected chi connectivity index (χ3v) is 4.35. The Bertz CT molecular complexity index is 382. The standard InChI is InChI=1S/C16H32N4/c1-6-13(7-2)11-20(9-4)16(10-17)14-12-19(5)18-15(14)8-3/h12-13,16H,6-11,17H2,1-5H3. The molecule has 1 aromatic rings. The van der Waals surface area contributed by atoms with Gasteiger partial charge in [0.1, 0.15) is 0 Å². The number of hydrogen-bond donors (Lipinski definition) is 1. The molecular formula is C16H32N4. The molecule has 0 amide bonds. The van der Waals surface area contributed by atoms with Crippen LogP contribution in [-0.2, 0) is 13.5 Å². The molecule has 1 aromatic heterocycles. The van der Waals surface area contributed by atoms with Crippen LogP contribution in [0.4, 0.5) is 0 Å². The van der Waals surface area contributed by atoms with Crippen molar-refractivity contribution < 1.29 is 0 Å². The molecule has 0 fully saturated rings. The van der Waals surface area contributed by atoms with Crippen molar-refractivity contribution >= 4 is 0 Å². The molecule has 4 heteroatoms. The molecule has 1 unspecified atom stereocenters. The number of likely N-dealkylation sites (N-methyl/N-ethyl adjacent to an activating group) is 1. The first-order valence-electron chi connectivity index (χ1n) is 8.07. The zero-order valence-electron chi connectivity index (χ0n) is 13.9. The molecule has 1 heterocycles. The Kier molecular flexibility index (Phi) is 7.24. The second kappa shape index (κ2) is 8.42. The van der Waals surface area contributed by atoms with E-state index in [0.717, 1.165) is 25.4 Å². The second-order valence-electron chi connectivity index (χ2n) is 5.58. The molecule has 0 bridgehead atoms. The first-order chi connectivity index (χ1) is 9.60. The lowest BCUT2D eigenvalue weighted by atomic mass is 9.99. The topological polar surface area (TPSA) is 47.1 Å². The van der Waals surface area contributed by atoms with Crippen molar-refractivity contribution in [1.29, 1.82) is 0 Å². The van der Waals surface area contributed by atoms with Crippen LogP contribution in [0.3, 0.4) is 0 Å². The Labute approximate surface area is 124 Å². The zero-order chi connectivity index (χ0) is 15.1. The van der Waals surface area contributed by atoms with E-state index in [1.807, 2.05) is 11.7 Å². The highest BCUT2D eigenvalue weighted by Crippen LogP contribution is 2.25. The van der Waals surface area contributed by atoms with E-state index in [-0.39, 0.29) is 0 Å². The fourth-order valence-electron chi connectivity index (χ4n) is 2.93. The summed E-state index contributed by atoms with van der Waals surface area (Å²) in [6, 6.07) is 0.296. The fraction of sp³-hybridized carbons (Fsp3) is 0.812. The largest absolute Gasteiger partial charge is 0.329 e. The normalized spacial score (nSPS) is 13.4. The zero-order valence-corrected chi connectivity index (χ0v) is 13.9. The molecule has 0 aliphatic heterocycles. The van der Waals surface area contributed by atoms with Crippen LogP contribution >= 0.6 is 0 Å². The molecule has 0 spiro atoms. The summed E-state index contributed by atoms with van der Waals surface area (Å²) >= 11 is 0. The Morgan fingerprint density at radius 1 is 1.25 bits per heavy atom. The van der Waals surface area contributed by atoms with Gasteiger partial charge < -0.3 is 5.73 Å². The molecule has 1 rings (SSSR count). The Balaban J connectivity index is 2.95. The molecule has 0 aliphatic rings. The summed E-state index contributed by atoms with van der Waals surface area (Å²) in [5.41, 5.74) is 8.59. The molecule has 4 nitrogen and oxygen atoms in total. The van der Waals surface area contributed by atoms with E-state index in [1.165, 1.54) is 24.1 Å². The van der Waals surface area contributed by atoms with Crippen molar-refractivity contribution in [3.05, 3.63) is 17.5 Å². The highest BCUT2D eigenvalue weighted by atomic mass is 15.3. The van der Waals surface area contributed by atoms with Gasteiger partial charge in [-0.05, 0) is 18.9 Å². The lowest BCUT2D eigenvalue weighted by molar-refractivity contribution is 0.173. The Morgan fingerprint density at radius 2 is 1.90 bits per heavy atom. The molecule has 20 heavy (non-hydrogen) atoms. The molecule has 0 saturated carbocycles. The summed E-state index contributed by atoms with van der Waals surface area (Å²) in [7, 11) is 1.99. The van der Waals surface area contributed by atoms with Crippen molar-refractivity contribution in [2.75, 3.05) is 19.6 Å². The van der Waals surface area contributed by atoms with Gasteiger partial charge in [-0.15, -0.1) is 0 Å².